The van der Waals surface area contributed by atoms with Gasteiger partial charge in [-0.2, -0.15) is 0 Å². The monoisotopic (exact) mass is 428 g/mol. The van der Waals surface area contributed by atoms with Crippen molar-refractivity contribution in [1.29, 1.82) is 0 Å². The van der Waals surface area contributed by atoms with Gasteiger partial charge in [0.1, 0.15) is 34.8 Å². The van der Waals surface area contributed by atoms with Gasteiger partial charge in [0.15, 0.2) is 0 Å². The first-order valence-electron chi connectivity index (χ1n) is 10.2. The molecule has 4 rings (SSSR count). The summed E-state index contributed by atoms with van der Waals surface area (Å²) in [5.41, 5.74) is 3.16. The van der Waals surface area contributed by atoms with Crippen LogP contribution in [0.4, 0.5) is 28.8 Å². The van der Waals surface area contributed by atoms with Gasteiger partial charge in [-0.15, -0.1) is 0 Å². The molecule has 8 nitrogen and oxygen atoms in total. The van der Waals surface area contributed by atoms with E-state index < -0.39 is 0 Å². The lowest BCUT2D eigenvalue weighted by Gasteiger charge is -2.11. The highest BCUT2D eigenvalue weighted by molar-refractivity contribution is 6.05. The third-order valence-electron chi connectivity index (χ3n) is 4.71. The van der Waals surface area contributed by atoms with Gasteiger partial charge >= 0.3 is 0 Å². The number of nitrogens with zero attached hydrogens (tertiary/aromatic N) is 3. The van der Waals surface area contributed by atoms with Gasteiger partial charge in [-0.05, 0) is 75.7 Å². The van der Waals surface area contributed by atoms with E-state index in [1.54, 1.807) is 19.2 Å². The SMILES string of the molecule is Cc1ccnc(Nc2cc(Nc3ccc(NC(=O)c4cc(C)oc4C)cc3)nc(C)n2)c1. The smallest absolute Gasteiger partial charge is 0.259 e. The molecule has 0 saturated heterocycles. The molecule has 0 aliphatic rings. The van der Waals surface area contributed by atoms with E-state index in [0.29, 0.717) is 40.2 Å². The standard InChI is InChI=1S/C24H24N6O2/c1-14-9-10-25-21(11-14)30-23-13-22(26-17(4)27-23)28-18-5-7-19(8-6-18)29-24(31)20-12-15(2)32-16(20)3/h5-13H,1-4H3,(H,29,31)(H2,25,26,27,28,30). The minimum atomic E-state index is -0.202. The maximum atomic E-state index is 12.5. The summed E-state index contributed by atoms with van der Waals surface area (Å²) in [7, 11) is 0. The molecule has 0 aliphatic heterocycles. The predicted octanol–water partition coefficient (Wildman–Crippen LogP) is 5.44. The number of anilines is 5. The van der Waals surface area contributed by atoms with Crippen molar-refractivity contribution in [3.63, 3.8) is 0 Å². The van der Waals surface area contributed by atoms with Crippen molar-refractivity contribution in [3.05, 3.63) is 83.2 Å². The molecule has 0 unspecified atom stereocenters. The van der Waals surface area contributed by atoms with Gasteiger partial charge in [-0.3, -0.25) is 4.79 Å². The summed E-state index contributed by atoms with van der Waals surface area (Å²) in [5.74, 6) is 3.74. The lowest BCUT2D eigenvalue weighted by molar-refractivity contribution is 0.102. The van der Waals surface area contributed by atoms with Crippen LogP contribution < -0.4 is 16.0 Å². The maximum absolute atomic E-state index is 12.5. The fraction of sp³-hybridized carbons (Fsp3) is 0.167. The largest absolute Gasteiger partial charge is 0.466 e. The molecule has 162 valence electrons. The summed E-state index contributed by atoms with van der Waals surface area (Å²) in [5, 5.41) is 9.36. The number of hydrogen-bond donors (Lipinski definition) is 3. The summed E-state index contributed by atoms with van der Waals surface area (Å²) >= 11 is 0. The van der Waals surface area contributed by atoms with E-state index in [4.69, 9.17) is 4.42 Å². The number of nitrogens with one attached hydrogen (secondary N) is 3. The molecule has 0 radical (unpaired) electrons. The van der Waals surface area contributed by atoms with Gasteiger partial charge < -0.3 is 20.4 Å². The molecule has 3 heterocycles. The zero-order chi connectivity index (χ0) is 22.7. The Morgan fingerprint density at radius 2 is 1.50 bits per heavy atom. The lowest BCUT2D eigenvalue weighted by Crippen LogP contribution is -2.12. The Labute approximate surface area is 186 Å². The highest BCUT2D eigenvalue weighted by atomic mass is 16.3. The predicted molar refractivity (Wildman–Crippen MR) is 125 cm³/mol. The quantitative estimate of drug-likeness (QED) is 0.376. The number of pyridine rings is 1. The molecule has 0 aliphatic carbocycles. The Balaban J connectivity index is 1.44. The molecule has 8 heteroatoms. The average Bonchev–Trinajstić information content (AvgIpc) is 3.07. The lowest BCUT2D eigenvalue weighted by atomic mass is 10.2. The molecule has 1 aromatic carbocycles. The number of furan rings is 1. The number of carbonyl (C=O) groups is 1. The van der Waals surface area contributed by atoms with E-state index in [9.17, 15) is 4.79 Å². The normalized spacial score (nSPS) is 10.6. The second-order valence-electron chi connectivity index (χ2n) is 7.51. The first-order valence-corrected chi connectivity index (χ1v) is 10.2. The van der Waals surface area contributed by atoms with Gasteiger partial charge in [-0.1, -0.05) is 0 Å². The second-order valence-corrected chi connectivity index (χ2v) is 7.51. The van der Waals surface area contributed by atoms with Crippen molar-refractivity contribution < 1.29 is 9.21 Å². The number of amides is 1. The number of aromatic nitrogens is 3. The Bertz CT molecular complexity index is 1260. The van der Waals surface area contributed by atoms with Crippen molar-refractivity contribution in [1.82, 2.24) is 15.0 Å². The van der Waals surface area contributed by atoms with Crippen molar-refractivity contribution >= 4 is 34.7 Å². The van der Waals surface area contributed by atoms with Crippen LogP contribution in [0.1, 0.15) is 33.3 Å². The van der Waals surface area contributed by atoms with Crippen molar-refractivity contribution in [2.75, 3.05) is 16.0 Å². The van der Waals surface area contributed by atoms with Crippen LogP contribution in [0.3, 0.4) is 0 Å². The number of benzene rings is 1. The molecule has 3 aromatic heterocycles. The first kappa shape index (κ1) is 21.0. The molecular weight excluding hydrogens is 404 g/mol. The van der Waals surface area contributed by atoms with Gasteiger partial charge in [0.25, 0.3) is 5.91 Å². The van der Waals surface area contributed by atoms with Crippen LogP contribution in [-0.4, -0.2) is 20.9 Å². The summed E-state index contributed by atoms with van der Waals surface area (Å²) < 4.78 is 5.43. The van der Waals surface area contributed by atoms with Crippen LogP contribution in [0.5, 0.6) is 0 Å². The first-order chi connectivity index (χ1) is 15.4. The summed E-state index contributed by atoms with van der Waals surface area (Å²) in [4.78, 5) is 25.6. The number of hydrogen-bond acceptors (Lipinski definition) is 7. The zero-order valence-corrected chi connectivity index (χ0v) is 18.4. The van der Waals surface area contributed by atoms with E-state index in [1.165, 1.54) is 0 Å². The maximum Gasteiger partial charge on any atom is 0.259 e. The van der Waals surface area contributed by atoms with Crippen LogP contribution in [0.15, 0.2) is 59.1 Å². The molecular formula is C24H24N6O2. The van der Waals surface area contributed by atoms with Gasteiger partial charge in [0, 0.05) is 23.6 Å². The van der Waals surface area contributed by atoms with Gasteiger partial charge in [-0.25, -0.2) is 15.0 Å². The molecule has 0 bridgehead atoms. The fourth-order valence-corrected chi connectivity index (χ4v) is 3.27. The average molecular weight is 428 g/mol. The second kappa shape index (κ2) is 8.89. The molecule has 32 heavy (non-hydrogen) atoms. The Morgan fingerprint density at radius 1 is 0.812 bits per heavy atom. The Kier molecular flexibility index (Phi) is 5.85. The van der Waals surface area contributed by atoms with E-state index in [2.05, 4.69) is 30.9 Å². The molecule has 0 spiro atoms. The van der Waals surface area contributed by atoms with E-state index in [0.717, 1.165) is 17.1 Å². The highest BCUT2D eigenvalue weighted by Crippen LogP contribution is 2.22. The molecule has 4 aromatic rings. The van der Waals surface area contributed by atoms with E-state index >= 15 is 0 Å². The zero-order valence-electron chi connectivity index (χ0n) is 18.4. The van der Waals surface area contributed by atoms with Crippen LogP contribution in [0.2, 0.25) is 0 Å². The third-order valence-corrected chi connectivity index (χ3v) is 4.71. The summed E-state index contributed by atoms with van der Waals surface area (Å²) in [6, 6.07) is 14.8. The summed E-state index contributed by atoms with van der Waals surface area (Å²) in [6.45, 7) is 7.43. The van der Waals surface area contributed by atoms with Crippen LogP contribution >= 0.6 is 0 Å². The van der Waals surface area contributed by atoms with Crippen molar-refractivity contribution in [3.8, 4) is 0 Å². The Morgan fingerprint density at radius 3 is 2.16 bits per heavy atom. The minimum absolute atomic E-state index is 0.202. The molecule has 0 fully saturated rings. The highest BCUT2D eigenvalue weighted by Gasteiger charge is 2.13. The third kappa shape index (κ3) is 5.10. The van der Waals surface area contributed by atoms with Crippen LogP contribution in [0.25, 0.3) is 0 Å². The van der Waals surface area contributed by atoms with Gasteiger partial charge in [0.05, 0.1) is 5.56 Å². The van der Waals surface area contributed by atoms with Gasteiger partial charge in [0.2, 0.25) is 0 Å². The van der Waals surface area contributed by atoms with E-state index in [1.807, 2.05) is 63.2 Å². The number of carbonyl (C=O) groups excluding carboxylic acids is 1. The number of aryl methyl sites for hydroxylation is 4. The van der Waals surface area contributed by atoms with Crippen molar-refractivity contribution in [2.45, 2.75) is 27.7 Å². The topological polar surface area (TPSA) is 105 Å². The molecule has 1 amide bonds. The molecule has 3 N–H and O–H groups in total. The van der Waals surface area contributed by atoms with Crippen LogP contribution in [-0.2, 0) is 0 Å². The summed E-state index contributed by atoms with van der Waals surface area (Å²) in [6.07, 6.45) is 1.75. The number of rotatable bonds is 6. The van der Waals surface area contributed by atoms with E-state index in [-0.39, 0.29) is 5.91 Å². The van der Waals surface area contributed by atoms with Crippen molar-refractivity contribution in [2.24, 2.45) is 0 Å². The fourth-order valence-electron chi connectivity index (χ4n) is 3.27. The molecule has 0 saturated carbocycles. The minimum Gasteiger partial charge on any atom is -0.466 e. The Hall–Kier alpha value is -4.20. The molecule has 0 atom stereocenters. The van der Waals surface area contributed by atoms with Crippen LogP contribution in [0, 0.1) is 27.7 Å².